The van der Waals surface area contributed by atoms with Gasteiger partial charge in [-0.3, -0.25) is 4.79 Å². The molecule has 104 valence electrons. The highest BCUT2D eigenvalue weighted by Gasteiger charge is 2.15. The monoisotopic (exact) mass is 271 g/mol. The predicted molar refractivity (Wildman–Crippen MR) is 76.7 cm³/mol. The second-order valence-corrected chi connectivity index (χ2v) is 4.78. The Morgan fingerprint density at radius 3 is 2.40 bits per heavy atom. The Balaban J connectivity index is 2.16. The molecular weight excluding hydrogens is 254 g/mol. The third kappa shape index (κ3) is 2.91. The van der Waals surface area contributed by atoms with Crippen LogP contribution in [0.5, 0.6) is 11.5 Å². The second-order valence-electron chi connectivity index (χ2n) is 4.78. The molecule has 2 aromatic carbocycles. The van der Waals surface area contributed by atoms with Crippen LogP contribution in [0.25, 0.3) is 0 Å². The fraction of sp³-hybridized carbons (Fsp3) is 0.188. The normalized spacial score (nSPS) is 10.3. The van der Waals surface area contributed by atoms with Gasteiger partial charge in [-0.05, 0) is 36.8 Å². The summed E-state index contributed by atoms with van der Waals surface area (Å²) in [5.41, 5.74) is 2.00. The maximum Gasteiger partial charge on any atom is 0.254 e. The molecular formula is C16H17NO3. The van der Waals surface area contributed by atoms with Crippen LogP contribution < -0.4 is 0 Å². The molecule has 4 nitrogen and oxygen atoms in total. The number of phenolic OH excluding ortho intramolecular Hbond substituents is 2. The number of carbonyl (C=O) groups excluding carboxylic acids is 1. The standard InChI is InChI=1S/C16H17NO3/c1-11-14(4-3-5-15(11)19)16(20)17(2)10-12-6-8-13(18)9-7-12/h3-9,18-19H,10H2,1-2H3. The van der Waals surface area contributed by atoms with Crippen LogP contribution in [0.2, 0.25) is 0 Å². The summed E-state index contributed by atoms with van der Waals surface area (Å²) in [7, 11) is 1.71. The van der Waals surface area contributed by atoms with E-state index < -0.39 is 0 Å². The predicted octanol–water partition coefficient (Wildman–Crippen LogP) is 2.68. The smallest absolute Gasteiger partial charge is 0.254 e. The average molecular weight is 271 g/mol. The number of hydrogen-bond acceptors (Lipinski definition) is 3. The number of rotatable bonds is 3. The molecule has 0 bridgehead atoms. The van der Waals surface area contributed by atoms with E-state index in [1.807, 2.05) is 0 Å². The zero-order chi connectivity index (χ0) is 14.7. The molecule has 4 heteroatoms. The van der Waals surface area contributed by atoms with E-state index in [1.54, 1.807) is 61.3 Å². The van der Waals surface area contributed by atoms with E-state index in [-0.39, 0.29) is 17.4 Å². The van der Waals surface area contributed by atoms with Gasteiger partial charge in [-0.1, -0.05) is 18.2 Å². The lowest BCUT2D eigenvalue weighted by Crippen LogP contribution is -2.26. The van der Waals surface area contributed by atoms with Crippen LogP contribution in [0.1, 0.15) is 21.5 Å². The van der Waals surface area contributed by atoms with Crippen LogP contribution in [0.4, 0.5) is 0 Å². The molecule has 1 amide bonds. The molecule has 0 saturated carbocycles. The summed E-state index contributed by atoms with van der Waals surface area (Å²) in [6, 6.07) is 11.6. The minimum absolute atomic E-state index is 0.119. The highest BCUT2D eigenvalue weighted by Crippen LogP contribution is 2.21. The Kier molecular flexibility index (Phi) is 3.94. The summed E-state index contributed by atoms with van der Waals surface area (Å²) in [6.45, 7) is 2.16. The van der Waals surface area contributed by atoms with Crippen LogP contribution in [0, 0.1) is 6.92 Å². The van der Waals surface area contributed by atoms with Crippen molar-refractivity contribution in [2.75, 3.05) is 7.05 Å². The molecule has 2 N–H and O–H groups in total. The van der Waals surface area contributed by atoms with E-state index in [2.05, 4.69) is 0 Å². The van der Waals surface area contributed by atoms with Gasteiger partial charge in [0, 0.05) is 24.7 Å². The van der Waals surface area contributed by atoms with Gasteiger partial charge in [0.15, 0.2) is 0 Å². The van der Waals surface area contributed by atoms with Crippen molar-refractivity contribution in [2.24, 2.45) is 0 Å². The van der Waals surface area contributed by atoms with Crippen LogP contribution >= 0.6 is 0 Å². The van der Waals surface area contributed by atoms with E-state index in [9.17, 15) is 15.0 Å². The number of amides is 1. The van der Waals surface area contributed by atoms with Crippen molar-refractivity contribution < 1.29 is 15.0 Å². The van der Waals surface area contributed by atoms with Crippen molar-refractivity contribution in [3.8, 4) is 11.5 Å². The molecule has 0 atom stereocenters. The third-order valence-corrected chi connectivity index (χ3v) is 3.24. The van der Waals surface area contributed by atoms with Gasteiger partial charge in [-0.15, -0.1) is 0 Å². The molecule has 2 aromatic rings. The summed E-state index contributed by atoms with van der Waals surface area (Å²) in [4.78, 5) is 13.9. The molecule has 0 spiro atoms. The summed E-state index contributed by atoms with van der Waals surface area (Å²) in [5.74, 6) is 0.173. The first-order valence-corrected chi connectivity index (χ1v) is 6.31. The SMILES string of the molecule is Cc1c(O)cccc1C(=O)N(C)Cc1ccc(O)cc1. The number of carbonyl (C=O) groups is 1. The maximum atomic E-state index is 12.4. The fourth-order valence-electron chi connectivity index (χ4n) is 2.01. The van der Waals surface area contributed by atoms with E-state index in [0.717, 1.165) is 5.56 Å². The lowest BCUT2D eigenvalue weighted by Gasteiger charge is -2.18. The Labute approximate surface area is 117 Å². The Bertz CT molecular complexity index is 620. The number of benzene rings is 2. The molecule has 2 rings (SSSR count). The quantitative estimate of drug-likeness (QED) is 0.902. The summed E-state index contributed by atoms with van der Waals surface area (Å²) in [5, 5.41) is 18.9. The van der Waals surface area contributed by atoms with Gasteiger partial charge in [0.05, 0.1) is 0 Å². The Morgan fingerprint density at radius 2 is 1.75 bits per heavy atom. The third-order valence-electron chi connectivity index (χ3n) is 3.24. The fourth-order valence-corrected chi connectivity index (χ4v) is 2.01. The van der Waals surface area contributed by atoms with Gasteiger partial charge in [0.25, 0.3) is 5.91 Å². The summed E-state index contributed by atoms with van der Waals surface area (Å²) < 4.78 is 0. The Morgan fingerprint density at radius 1 is 1.10 bits per heavy atom. The van der Waals surface area contributed by atoms with Crippen LogP contribution in [0.15, 0.2) is 42.5 Å². The van der Waals surface area contributed by atoms with Crippen molar-refractivity contribution in [2.45, 2.75) is 13.5 Å². The minimum Gasteiger partial charge on any atom is -0.508 e. The molecule has 0 saturated heterocycles. The first-order valence-electron chi connectivity index (χ1n) is 6.31. The van der Waals surface area contributed by atoms with Crippen molar-refractivity contribution in [3.05, 3.63) is 59.2 Å². The molecule has 0 aliphatic rings. The zero-order valence-electron chi connectivity index (χ0n) is 11.5. The first kappa shape index (κ1) is 13.9. The van der Waals surface area contributed by atoms with Crippen LogP contribution in [-0.2, 0) is 6.54 Å². The maximum absolute atomic E-state index is 12.4. The number of aromatic hydroxyl groups is 2. The van der Waals surface area contributed by atoms with Crippen molar-refractivity contribution in [1.29, 1.82) is 0 Å². The van der Waals surface area contributed by atoms with E-state index >= 15 is 0 Å². The van der Waals surface area contributed by atoms with Crippen LogP contribution in [-0.4, -0.2) is 28.1 Å². The molecule has 0 heterocycles. The largest absolute Gasteiger partial charge is 0.508 e. The van der Waals surface area contributed by atoms with E-state index in [0.29, 0.717) is 17.7 Å². The molecule has 0 radical (unpaired) electrons. The zero-order valence-corrected chi connectivity index (χ0v) is 11.5. The van der Waals surface area contributed by atoms with Gasteiger partial charge < -0.3 is 15.1 Å². The molecule has 0 aliphatic carbocycles. The summed E-state index contributed by atoms with van der Waals surface area (Å²) >= 11 is 0. The number of nitrogens with zero attached hydrogens (tertiary/aromatic N) is 1. The van der Waals surface area contributed by atoms with E-state index in [4.69, 9.17) is 0 Å². The summed E-state index contributed by atoms with van der Waals surface area (Å²) in [6.07, 6.45) is 0. The number of hydrogen-bond donors (Lipinski definition) is 2. The van der Waals surface area contributed by atoms with E-state index in [1.165, 1.54) is 0 Å². The molecule has 0 aliphatic heterocycles. The highest BCUT2D eigenvalue weighted by molar-refractivity contribution is 5.96. The Hall–Kier alpha value is -2.49. The lowest BCUT2D eigenvalue weighted by molar-refractivity contribution is 0.0784. The topological polar surface area (TPSA) is 60.8 Å². The molecule has 0 aromatic heterocycles. The van der Waals surface area contributed by atoms with Gasteiger partial charge in [0.2, 0.25) is 0 Å². The molecule has 0 unspecified atom stereocenters. The average Bonchev–Trinajstić information content (AvgIpc) is 2.43. The first-order chi connectivity index (χ1) is 9.49. The van der Waals surface area contributed by atoms with Crippen molar-refractivity contribution >= 4 is 5.91 Å². The van der Waals surface area contributed by atoms with Gasteiger partial charge >= 0.3 is 0 Å². The van der Waals surface area contributed by atoms with Gasteiger partial charge in [-0.2, -0.15) is 0 Å². The molecule has 20 heavy (non-hydrogen) atoms. The van der Waals surface area contributed by atoms with Gasteiger partial charge in [0.1, 0.15) is 11.5 Å². The lowest BCUT2D eigenvalue weighted by atomic mass is 10.1. The second kappa shape index (κ2) is 5.65. The van der Waals surface area contributed by atoms with Crippen molar-refractivity contribution in [1.82, 2.24) is 4.90 Å². The minimum atomic E-state index is -0.147. The van der Waals surface area contributed by atoms with Gasteiger partial charge in [-0.25, -0.2) is 0 Å². The van der Waals surface area contributed by atoms with Crippen molar-refractivity contribution in [3.63, 3.8) is 0 Å². The number of phenols is 2. The highest BCUT2D eigenvalue weighted by atomic mass is 16.3. The molecule has 0 fully saturated rings. The van der Waals surface area contributed by atoms with Crippen LogP contribution in [0.3, 0.4) is 0 Å².